The maximum atomic E-state index is 13.2. The van der Waals surface area contributed by atoms with Gasteiger partial charge in [0.15, 0.2) is 0 Å². The summed E-state index contributed by atoms with van der Waals surface area (Å²) in [5.74, 6) is -1.38. The van der Waals surface area contributed by atoms with E-state index in [1.54, 1.807) is 13.0 Å². The molecule has 1 N–H and O–H groups in total. The number of esters is 1. The zero-order valence-electron chi connectivity index (χ0n) is 11.4. The molecule has 0 spiro atoms. The summed E-state index contributed by atoms with van der Waals surface area (Å²) in [7, 11) is 0. The molecule has 1 aromatic heterocycles. The molecule has 0 aliphatic rings. The number of nitrogens with one attached hydrogen (secondary N) is 1. The van der Waals surface area contributed by atoms with Crippen molar-refractivity contribution in [1.82, 2.24) is 4.98 Å². The van der Waals surface area contributed by atoms with Crippen molar-refractivity contribution in [2.75, 3.05) is 6.61 Å². The third-order valence-corrected chi connectivity index (χ3v) is 3.16. The summed E-state index contributed by atoms with van der Waals surface area (Å²) in [6.45, 7) is 1.71. The molecule has 0 fully saturated rings. The summed E-state index contributed by atoms with van der Waals surface area (Å²) in [5, 5.41) is 8.89. The van der Waals surface area contributed by atoms with Crippen LogP contribution in [0.2, 0.25) is 5.02 Å². The molecule has 1 heterocycles. The van der Waals surface area contributed by atoms with Gasteiger partial charge in [0.1, 0.15) is 17.4 Å². The molecule has 0 radical (unpaired) electrons. The van der Waals surface area contributed by atoms with E-state index in [0.717, 1.165) is 6.07 Å². The molecule has 0 aliphatic heterocycles. The van der Waals surface area contributed by atoms with Crippen LogP contribution >= 0.6 is 11.6 Å². The van der Waals surface area contributed by atoms with Crippen molar-refractivity contribution in [2.45, 2.75) is 6.92 Å². The first kappa shape index (κ1) is 15.7. The molecule has 0 amide bonds. The van der Waals surface area contributed by atoms with Crippen LogP contribution < -0.4 is 5.56 Å². The molecule has 22 heavy (non-hydrogen) atoms. The molecule has 2 rings (SSSR count). The van der Waals surface area contributed by atoms with Gasteiger partial charge in [-0.15, -0.1) is 0 Å². The standard InChI is InChI=1S/C15H10ClFN2O3/c1-2-22-15(21)9-6-13(19-14(20)10(9)7-18)8-3-4-12(17)11(16)5-8/h3-6H,2H2,1H3,(H,19,20). The van der Waals surface area contributed by atoms with Crippen LogP contribution in [-0.2, 0) is 4.74 Å². The molecule has 1 aromatic carbocycles. The fourth-order valence-electron chi connectivity index (χ4n) is 1.86. The van der Waals surface area contributed by atoms with Gasteiger partial charge in [-0.25, -0.2) is 9.18 Å². The highest BCUT2D eigenvalue weighted by Gasteiger charge is 2.18. The predicted molar refractivity (Wildman–Crippen MR) is 78.1 cm³/mol. The number of aromatic nitrogens is 1. The highest BCUT2D eigenvalue weighted by Crippen LogP contribution is 2.24. The van der Waals surface area contributed by atoms with Gasteiger partial charge in [0.25, 0.3) is 5.56 Å². The number of H-pyrrole nitrogens is 1. The van der Waals surface area contributed by atoms with E-state index in [2.05, 4.69) is 4.98 Å². The van der Waals surface area contributed by atoms with Crippen molar-refractivity contribution in [3.63, 3.8) is 0 Å². The molecular formula is C15H10ClFN2O3. The lowest BCUT2D eigenvalue weighted by Gasteiger charge is -2.07. The number of pyridine rings is 1. The molecule has 0 bridgehead atoms. The Bertz CT molecular complexity index is 840. The summed E-state index contributed by atoms with van der Waals surface area (Å²) in [6.07, 6.45) is 0. The van der Waals surface area contributed by atoms with Crippen LogP contribution in [-0.4, -0.2) is 17.6 Å². The minimum atomic E-state index is -0.778. The number of hydrogen-bond acceptors (Lipinski definition) is 4. The number of benzene rings is 1. The third-order valence-electron chi connectivity index (χ3n) is 2.87. The molecule has 0 atom stereocenters. The molecule has 7 heteroatoms. The lowest BCUT2D eigenvalue weighted by molar-refractivity contribution is 0.0525. The van der Waals surface area contributed by atoms with Crippen molar-refractivity contribution in [3.05, 3.63) is 56.6 Å². The van der Waals surface area contributed by atoms with Crippen LogP contribution in [0, 0.1) is 17.1 Å². The van der Waals surface area contributed by atoms with Crippen LogP contribution in [0.15, 0.2) is 29.1 Å². The fraction of sp³-hybridized carbons (Fsp3) is 0.133. The Morgan fingerprint density at radius 1 is 1.45 bits per heavy atom. The summed E-state index contributed by atoms with van der Waals surface area (Å²) >= 11 is 5.70. The lowest BCUT2D eigenvalue weighted by atomic mass is 10.1. The highest BCUT2D eigenvalue weighted by atomic mass is 35.5. The Balaban J connectivity index is 2.64. The van der Waals surface area contributed by atoms with Crippen molar-refractivity contribution in [3.8, 4) is 17.3 Å². The zero-order chi connectivity index (χ0) is 16.3. The molecule has 5 nitrogen and oxygen atoms in total. The minimum absolute atomic E-state index is 0.105. The number of rotatable bonds is 3. The van der Waals surface area contributed by atoms with Crippen LogP contribution in [0.4, 0.5) is 4.39 Å². The average Bonchev–Trinajstić information content (AvgIpc) is 2.49. The van der Waals surface area contributed by atoms with E-state index < -0.39 is 17.3 Å². The Morgan fingerprint density at radius 3 is 2.77 bits per heavy atom. The monoisotopic (exact) mass is 320 g/mol. The number of nitrogens with zero attached hydrogens (tertiary/aromatic N) is 1. The van der Waals surface area contributed by atoms with E-state index in [-0.39, 0.29) is 28.5 Å². The maximum Gasteiger partial charge on any atom is 0.339 e. The first-order valence-electron chi connectivity index (χ1n) is 6.28. The van der Waals surface area contributed by atoms with Gasteiger partial charge in [-0.05, 0) is 36.8 Å². The molecule has 0 unspecified atom stereocenters. The number of carbonyl (C=O) groups excluding carboxylic acids is 1. The number of ether oxygens (including phenoxy) is 1. The van der Waals surface area contributed by atoms with Gasteiger partial charge in [-0.2, -0.15) is 5.26 Å². The minimum Gasteiger partial charge on any atom is -0.462 e. The number of aromatic amines is 1. The Labute approximate surface area is 129 Å². The molecule has 0 aliphatic carbocycles. The topological polar surface area (TPSA) is 83.0 Å². The van der Waals surface area contributed by atoms with E-state index >= 15 is 0 Å². The van der Waals surface area contributed by atoms with E-state index in [9.17, 15) is 14.0 Å². The smallest absolute Gasteiger partial charge is 0.339 e. The van der Waals surface area contributed by atoms with Crippen molar-refractivity contribution >= 4 is 17.6 Å². The quantitative estimate of drug-likeness (QED) is 0.881. The number of nitriles is 1. The molecule has 2 aromatic rings. The molecular weight excluding hydrogens is 311 g/mol. The first-order chi connectivity index (χ1) is 10.5. The SMILES string of the molecule is CCOC(=O)c1cc(-c2ccc(F)c(Cl)c2)[nH]c(=O)c1C#N. The maximum absolute atomic E-state index is 13.2. The second-order valence-corrected chi connectivity index (χ2v) is 4.67. The van der Waals surface area contributed by atoms with Crippen molar-refractivity contribution in [1.29, 1.82) is 5.26 Å². The highest BCUT2D eigenvalue weighted by molar-refractivity contribution is 6.31. The van der Waals surface area contributed by atoms with Crippen LogP contribution in [0.25, 0.3) is 11.3 Å². The Morgan fingerprint density at radius 2 is 2.18 bits per heavy atom. The molecule has 0 saturated carbocycles. The number of carbonyl (C=O) groups is 1. The molecule has 0 saturated heterocycles. The normalized spacial score (nSPS) is 10.1. The van der Waals surface area contributed by atoms with Gasteiger partial charge >= 0.3 is 5.97 Å². The first-order valence-corrected chi connectivity index (χ1v) is 6.65. The van der Waals surface area contributed by atoms with Crippen LogP contribution in [0.1, 0.15) is 22.8 Å². The average molecular weight is 321 g/mol. The summed E-state index contributed by atoms with van der Waals surface area (Å²) in [6, 6.07) is 6.82. The van der Waals surface area contributed by atoms with Gasteiger partial charge in [0, 0.05) is 5.69 Å². The molecule has 112 valence electrons. The van der Waals surface area contributed by atoms with Crippen molar-refractivity contribution < 1.29 is 13.9 Å². The Kier molecular flexibility index (Phi) is 4.59. The van der Waals surface area contributed by atoms with E-state index in [1.165, 1.54) is 18.2 Å². The van der Waals surface area contributed by atoms with Gasteiger partial charge in [-0.3, -0.25) is 4.79 Å². The van der Waals surface area contributed by atoms with Gasteiger partial charge in [0.05, 0.1) is 17.2 Å². The number of halogens is 2. The summed E-state index contributed by atoms with van der Waals surface area (Å²) in [4.78, 5) is 26.3. The second kappa shape index (κ2) is 6.41. The van der Waals surface area contributed by atoms with Crippen LogP contribution in [0.5, 0.6) is 0 Å². The fourth-order valence-corrected chi connectivity index (χ4v) is 2.04. The number of hydrogen-bond donors (Lipinski definition) is 1. The zero-order valence-corrected chi connectivity index (χ0v) is 12.2. The van der Waals surface area contributed by atoms with Crippen molar-refractivity contribution in [2.24, 2.45) is 0 Å². The lowest BCUT2D eigenvalue weighted by Crippen LogP contribution is -2.18. The van der Waals surface area contributed by atoms with E-state index in [0.29, 0.717) is 5.56 Å². The van der Waals surface area contributed by atoms with Gasteiger partial charge in [-0.1, -0.05) is 11.6 Å². The largest absolute Gasteiger partial charge is 0.462 e. The van der Waals surface area contributed by atoms with Gasteiger partial charge in [0.2, 0.25) is 0 Å². The van der Waals surface area contributed by atoms with E-state index in [4.69, 9.17) is 21.6 Å². The predicted octanol–water partition coefficient (Wildman–Crippen LogP) is 2.88. The van der Waals surface area contributed by atoms with Crippen LogP contribution in [0.3, 0.4) is 0 Å². The summed E-state index contributed by atoms with van der Waals surface area (Å²) < 4.78 is 18.0. The Hall–Kier alpha value is -2.65. The second-order valence-electron chi connectivity index (χ2n) is 4.26. The summed E-state index contributed by atoms with van der Waals surface area (Å²) in [5.41, 5.74) is -0.588. The third kappa shape index (κ3) is 3.00. The van der Waals surface area contributed by atoms with Gasteiger partial charge < -0.3 is 9.72 Å². The van der Waals surface area contributed by atoms with E-state index in [1.807, 2.05) is 0 Å².